The van der Waals surface area contributed by atoms with E-state index in [1.54, 1.807) is 6.20 Å². The Kier molecular flexibility index (Phi) is 9.69. The second kappa shape index (κ2) is 11.7. The molecule has 28 heavy (non-hydrogen) atoms. The molecule has 1 aromatic heterocycles. The first-order valence-corrected chi connectivity index (χ1v) is 8.99. The van der Waals surface area contributed by atoms with Crippen molar-refractivity contribution in [1.29, 1.82) is 0 Å². The number of nitrogens with two attached hydrogens (primary N) is 2. The average Bonchev–Trinajstić information content (AvgIpc) is 3.04. The zero-order valence-corrected chi connectivity index (χ0v) is 15.9. The van der Waals surface area contributed by atoms with Crippen molar-refractivity contribution in [3.05, 3.63) is 36.0 Å². The summed E-state index contributed by atoms with van der Waals surface area (Å²) in [5.74, 6) is -2.31. The first-order valence-electron chi connectivity index (χ1n) is 8.99. The van der Waals surface area contributed by atoms with Gasteiger partial charge in [-0.1, -0.05) is 24.6 Å². The molecule has 0 aliphatic carbocycles. The molecule has 0 saturated carbocycles. The zero-order chi connectivity index (χ0) is 21.1. The van der Waals surface area contributed by atoms with Gasteiger partial charge in [0.15, 0.2) is 0 Å². The summed E-state index contributed by atoms with van der Waals surface area (Å²) in [6.45, 7) is 1.91. The molecule has 0 bridgehead atoms. The van der Waals surface area contributed by atoms with Crippen molar-refractivity contribution in [2.75, 3.05) is 6.54 Å². The van der Waals surface area contributed by atoms with Crippen LogP contribution in [0.2, 0.25) is 0 Å². The van der Waals surface area contributed by atoms with Crippen LogP contribution in [0.5, 0.6) is 0 Å². The number of H-pyrrole nitrogens is 1. The fourth-order valence-electron chi connectivity index (χ4n) is 2.60. The number of rotatable bonds is 9. The largest absolute Gasteiger partial charge is 0.480 e. The number of carboxylic acid groups (broad SMARTS) is 2. The summed E-state index contributed by atoms with van der Waals surface area (Å²) in [6.07, 6.45) is 4.21. The molecule has 1 heterocycles. The maximum atomic E-state index is 11.1. The van der Waals surface area contributed by atoms with Gasteiger partial charge in [0, 0.05) is 30.4 Å². The Morgan fingerprint density at radius 3 is 2.39 bits per heavy atom. The number of aromatic nitrogens is 1. The molecule has 2 aromatic rings. The summed E-state index contributed by atoms with van der Waals surface area (Å²) in [7, 11) is 0. The van der Waals surface area contributed by atoms with E-state index >= 15 is 0 Å². The van der Waals surface area contributed by atoms with Crippen LogP contribution in [0.3, 0.4) is 0 Å². The molecule has 0 aliphatic rings. The molecule has 2 atom stereocenters. The number of benzene rings is 1. The first kappa shape index (κ1) is 23.1. The van der Waals surface area contributed by atoms with Crippen LogP contribution in [-0.4, -0.2) is 51.7 Å². The number of carbonyl (C=O) groups is 3. The van der Waals surface area contributed by atoms with E-state index in [0.29, 0.717) is 13.0 Å². The van der Waals surface area contributed by atoms with Gasteiger partial charge < -0.3 is 32.0 Å². The second-order valence-electron chi connectivity index (χ2n) is 6.38. The summed E-state index contributed by atoms with van der Waals surface area (Å²) in [4.78, 5) is 35.3. The van der Waals surface area contributed by atoms with Crippen LogP contribution in [-0.2, 0) is 20.8 Å². The maximum Gasteiger partial charge on any atom is 0.326 e. The third kappa shape index (κ3) is 7.77. The van der Waals surface area contributed by atoms with E-state index in [0.717, 1.165) is 29.3 Å². The summed E-state index contributed by atoms with van der Waals surface area (Å²) in [5, 5.41) is 20.8. The van der Waals surface area contributed by atoms with Gasteiger partial charge in [-0.3, -0.25) is 9.59 Å². The molecule has 2 rings (SSSR count). The maximum absolute atomic E-state index is 11.1. The number of amides is 1. The lowest BCUT2D eigenvalue weighted by molar-refractivity contribution is -0.141. The van der Waals surface area contributed by atoms with Gasteiger partial charge in [-0.05, 0) is 31.0 Å². The average molecular weight is 392 g/mol. The predicted molar refractivity (Wildman–Crippen MR) is 106 cm³/mol. The zero-order valence-electron chi connectivity index (χ0n) is 15.9. The lowest BCUT2D eigenvalue weighted by atomic mass is 10.1. The van der Waals surface area contributed by atoms with Crippen molar-refractivity contribution >= 4 is 28.7 Å². The summed E-state index contributed by atoms with van der Waals surface area (Å²) < 4.78 is 0. The highest BCUT2D eigenvalue weighted by Gasteiger charge is 2.20. The normalized spacial score (nSPS) is 12.5. The molecule has 9 nitrogen and oxygen atoms in total. The number of hydrogen-bond acceptors (Lipinski definition) is 5. The standard InChI is InChI=1S/C13H14N2O3.C6H14N2O2/c1-8(16)15-12(13(17)18)6-9-7-14-11-5-3-2-4-10(9)11;7-4-2-1-3-5(8)6(9)10/h2-5,7,12,14H,6H2,1H3,(H,15,16)(H,17,18);5H,1-4,7-8H2,(H,9,10)/t;5-/m.0/s1. The molecule has 0 saturated heterocycles. The van der Waals surface area contributed by atoms with E-state index in [4.69, 9.17) is 21.7 Å². The van der Waals surface area contributed by atoms with Crippen molar-refractivity contribution in [2.24, 2.45) is 11.5 Å². The van der Waals surface area contributed by atoms with Crippen LogP contribution in [0.25, 0.3) is 10.9 Å². The van der Waals surface area contributed by atoms with E-state index in [1.165, 1.54) is 6.92 Å². The molecule has 1 aromatic carbocycles. The van der Waals surface area contributed by atoms with Gasteiger partial charge in [0.25, 0.3) is 0 Å². The monoisotopic (exact) mass is 392 g/mol. The van der Waals surface area contributed by atoms with Crippen molar-refractivity contribution in [3.8, 4) is 0 Å². The SMILES string of the molecule is CC(=O)NC(Cc1c[nH]c2ccccc12)C(=O)O.NCCCC[C@H](N)C(=O)O. The number of aliphatic carboxylic acids is 2. The quantitative estimate of drug-likeness (QED) is 0.343. The smallest absolute Gasteiger partial charge is 0.326 e. The lowest BCUT2D eigenvalue weighted by Crippen LogP contribution is -2.41. The lowest BCUT2D eigenvalue weighted by Gasteiger charge is -2.12. The molecule has 1 unspecified atom stereocenters. The summed E-state index contributed by atoms with van der Waals surface area (Å²) >= 11 is 0. The molecule has 0 spiro atoms. The van der Waals surface area contributed by atoms with E-state index in [9.17, 15) is 14.4 Å². The van der Waals surface area contributed by atoms with E-state index in [1.807, 2.05) is 24.3 Å². The summed E-state index contributed by atoms with van der Waals surface area (Å²) in [6, 6.07) is 6.04. The van der Waals surface area contributed by atoms with Crippen LogP contribution in [0.1, 0.15) is 31.7 Å². The summed E-state index contributed by atoms with van der Waals surface area (Å²) in [5.41, 5.74) is 12.3. The molecule has 8 N–H and O–H groups in total. The number of hydrogen-bond donors (Lipinski definition) is 6. The Bertz CT molecular complexity index is 789. The number of unbranched alkanes of at least 4 members (excludes halogenated alkanes) is 1. The fraction of sp³-hybridized carbons (Fsp3) is 0.421. The Balaban J connectivity index is 0.000000336. The molecule has 0 aliphatic heterocycles. The van der Waals surface area contributed by atoms with Gasteiger partial charge in [0.2, 0.25) is 5.91 Å². The minimum absolute atomic E-state index is 0.263. The fourth-order valence-corrected chi connectivity index (χ4v) is 2.60. The first-order chi connectivity index (χ1) is 13.3. The van der Waals surface area contributed by atoms with Crippen LogP contribution in [0.4, 0.5) is 0 Å². The van der Waals surface area contributed by atoms with Crippen molar-refractivity contribution < 1.29 is 24.6 Å². The van der Waals surface area contributed by atoms with Crippen LogP contribution in [0, 0.1) is 0 Å². The Morgan fingerprint density at radius 2 is 1.82 bits per heavy atom. The van der Waals surface area contributed by atoms with Crippen LogP contribution < -0.4 is 16.8 Å². The third-order valence-corrected chi connectivity index (χ3v) is 4.06. The third-order valence-electron chi connectivity index (χ3n) is 4.06. The Hall–Kier alpha value is -2.91. The number of aromatic amines is 1. The van der Waals surface area contributed by atoms with Gasteiger partial charge in [0.1, 0.15) is 12.1 Å². The number of para-hydroxylation sites is 1. The highest BCUT2D eigenvalue weighted by atomic mass is 16.4. The highest BCUT2D eigenvalue weighted by molar-refractivity contribution is 5.86. The van der Waals surface area contributed by atoms with Gasteiger partial charge in [-0.25, -0.2) is 4.79 Å². The minimum Gasteiger partial charge on any atom is -0.480 e. The molecular weight excluding hydrogens is 364 g/mol. The van der Waals surface area contributed by atoms with E-state index in [2.05, 4.69) is 10.3 Å². The minimum atomic E-state index is -1.03. The van der Waals surface area contributed by atoms with Crippen LogP contribution >= 0.6 is 0 Å². The highest BCUT2D eigenvalue weighted by Crippen LogP contribution is 2.19. The number of fused-ring (bicyclic) bond motifs is 1. The predicted octanol–water partition coefficient (Wildman–Crippen LogP) is 0.827. The van der Waals surface area contributed by atoms with Gasteiger partial charge in [-0.15, -0.1) is 0 Å². The van der Waals surface area contributed by atoms with E-state index < -0.39 is 24.0 Å². The second-order valence-corrected chi connectivity index (χ2v) is 6.38. The topological polar surface area (TPSA) is 172 Å². The van der Waals surface area contributed by atoms with Crippen LogP contribution in [0.15, 0.2) is 30.5 Å². The van der Waals surface area contributed by atoms with Gasteiger partial charge in [0.05, 0.1) is 0 Å². The molecule has 0 radical (unpaired) electrons. The Morgan fingerprint density at radius 1 is 1.14 bits per heavy atom. The van der Waals surface area contributed by atoms with Gasteiger partial charge >= 0.3 is 11.9 Å². The van der Waals surface area contributed by atoms with Crippen molar-refractivity contribution in [3.63, 3.8) is 0 Å². The van der Waals surface area contributed by atoms with Gasteiger partial charge in [-0.2, -0.15) is 0 Å². The molecule has 1 amide bonds. The Labute approximate surface area is 163 Å². The van der Waals surface area contributed by atoms with Crippen molar-refractivity contribution in [2.45, 2.75) is 44.7 Å². The van der Waals surface area contributed by atoms with E-state index in [-0.39, 0.29) is 12.3 Å². The molecular formula is C19H28N4O5. The van der Waals surface area contributed by atoms with Crippen molar-refractivity contribution in [1.82, 2.24) is 10.3 Å². The molecule has 0 fully saturated rings. The molecule has 154 valence electrons. The molecule has 9 heteroatoms. The number of carboxylic acids is 2. The number of carbonyl (C=O) groups excluding carboxylic acids is 1. The number of nitrogens with one attached hydrogen (secondary N) is 2.